The van der Waals surface area contributed by atoms with E-state index in [1.807, 2.05) is 6.92 Å². The molecule has 0 aliphatic heterocycles. The van der Waals surface area contributed by atoms with Gasteiger partial charge in [-0.15, -0.1) is 11.3 Å². The third kappa shape index (κ3) is 3.99. The first-order chi connectivity index (χ1) is 15.0. The van der Waals surface area contributed by atoms with Gasteiger partial charge in [0.25, 0.3) is 5.56 Å². The molecule has 2 aromatic carbocycles. The van der Waals surface area contributed by atoms with Crippen molar-refractivity contribution in [2.24, 2.45) is 0 Å². The van der Waals surface area contributed by atoms with E-state index < -0.39 is 23.0 Å². The molecule has 0 unspecified atom stereocenters. The van der Waals surface area contributed by atoms with Crippen molar-refractivity contribution in [3.05, 3.63) is 86.6 Å². The van der Waals surface area contributed by atoms with E-state index >= 15 is 0 Å². The lowest BCUT2D eigenvalue weighted by Crippen LogP contribution is -2.40. The van der Waals surface area contributed by atoms with Gasteiger partial charge in [-0.25, -0.2) is 13.8 Å². The summed E-state index contributed by atoms with van der Waals surface area (Å²) in [7, 11) is 0. The Kier molecular flexibility index (Phi) is 5.68. The van der Waals surface area contributed by atoms with E-state index in [4.69, 9.17) is 4.74 Å². The first-order valence-electron chi connectivity index (χ1n) is 9.50. The lowest BCUT2D eigenvalue weighted by molar-refractivity contribution is -0.116. The number of carbonyl (C=O) groups excluding carboxylic acids is 1. The lowest BCUT2D eigenvalue weighted by Gasteiger charge is -2.13. The number of nitrogens with one attached hydrogen (secondary N) is 1. The molecule has 31 heavy (non-hydrogen) atoms. The van der Waals surface area contributed by atoms with Gasteiger partial charge < -0.3 is 10.1 Å². The smallest absolute Gasteiger partial charge is 0.336 e. The third-order valence-corrected chi connectivity index (χ3v) is 5.49. The first-order valence-corrected chi connectivity index (χ1v) is 10.4. The van der Waals surface area contributed by atoms with Crippen LogP contribution in [-0.4, -0.2) is 21.6 Å². The van der Waals surface area contributed by atoms with E-state index in [1.54, 1.807) is 35.7 Å². The molecule has 0 spiro atoms. The number of fused-ring (bicyclic) bond motifs is 1. The van der Waals surface area contributed by atoms with Gasteiger partial charge in [-0.05, 0) is 54.8 Å². The second kappa shape index (κ2) is 8.57. The Morgan fingerprint density at radius 2 is 1.84 bits per heavy atom. The van der Waals surface area contributed by atoms with Gasteiger partial charge in [0.1, 0.15) is 22.8 Å². The Morgan fingerprint density at radius 1 is 1.10 bits per heavy atom. The highest BCUT2D eigenvalue weighted by molar-refractivity contribution is 7.17. The number of hydrogen-bond acceptors (Lipinski definition) is 5. The molecule has 0 atom stereocenters. The van der Waals surface area contributed by atoms with Crippen LogP contribution in [0.1, 0.15) is 6.92 Å². The van der Waals surface area contributed by atoms with Crippen LogP contribution in [0.4, 0.5) is 10.1 Å². The number of carbonyl (C=O) groups is 1. The molecule has 4 rings (SSSR count). The number of ether oxygens (including phenoxy) is 1. The van der Waals surface area contributed by atoms with Gasteiger partial charge in [0, 0.05) is 5.69 Å². The predicted octanol–water partition coefficient (Wildman–Crippen LogP) is 3.39. The number of anilines is 1. The molecular formula is C22H18FN3O4S. The van der Waals surface area contributed by atoms with Gasteiger partial charge in [0.15, 0.2) is 0 Å². The summed E-state index contributed by atoms with van der Waals surface area (Å²) in [6.07, 6.45) is 0. The van der Waals surface area contributed by atoms with Gasteiger partial charge in [-0.2, -0.15) is 0 Å². The maximum absolute atomic E-state index is 14.3. The molecule has 0 aliphatic carbocycles. The largest absolute Gasteiger partial charge is 0.494 e. The zero-order chi connectivity index (χ0) is 22.0. The second-order valence-corrected chi connectivity index (χ2v) is 7.52. The fourth-order valence-electron chi connectivity index (χ4n) is 3.23. The molecule has 4 aromatic rings. The fourth-order valence-corrected chi connectivity index (χ4v) is 4.05. The molecule has 9 heteroatoms. The zero-order valence-electron chi connectivity index (χ0n) is 16.5. The van der Waals surface area contributed by atoms with Crippen LogP contribution >= 0.6 is 11.3 Å². The number of benzene rings is 2. The Hall–Kier alpha value is -3.72. The molecule has 7 nitrogen and oxygen atoms in total. The summed E-state index contributed by atoms with van der Waals surface area (Å²) in [5.74, 6) is -0.492. The van der Waals surface area contributed by atoms with Gasteiger partial charge in [-0.1, -0.05) is 12.1 Å². The van der Waals surface area contributed by atoms with Gasteiger partial charge >= 0.3 is 5.69 Å². The predicted molar refractivity (Wildman–Crippen MR) is 118 cm³/mol. The molecule has 158 valence electrons. The van der Waals surface area contributed by atoms with Crippen molar-refractivity contribution in [2.75, 3.05) is 11.9 Å². The summed E-state index contributed by atoms with van der Waals surface area (Å²) < 4.78 is 21.9. The summed E-state index contributed by atoms with van der Waals surface area (Å²) in [5, 5.41) is 4.37. The minimum absolute atomic E-state index is 0.159. The standard InChI is InChI=1S/C22H18FN3O4S/c1-2-30-15-9-7-14(8-10-15)24-19(27)13-25-18-11-12-31-20(18)21(28)26(22(25)29)17-6-4-3-5-16(17)23/h3-12H,2,13H2,1H3,(H,24,27). The average Bonchev–Trinajstić information content (AvgIpc) is 3.24. The van der Waals surface area contributed by atoms with Crippen molar-refractivity contribution < 1.29 is 13.9 Å². The number of thiophene rings is 1. The number of para-hydroxylation sites is 1. The quantitative estimate of drug-likeness (QED) is 0.499. The third-order valence-electron chi connectivity index (χ3n) is 4.60. The molecule has 1 amide bonds. The Bertz CT molecular complexity index is 1370. The normalized spacial score (nSPS) is 10.9. The summed E-state index contributed by atoms with van der Waals surface area (Å²) in [5.41, 5.74) is -0.709. The summed E-state index contributed by atoms with van der Waals surface area (Å²) >= 11 is 1.13. The van der Waals surface area contributed by atoms with E-state index in [9.17, 15) is 18.8 Å². The van der Waals surface area contributed by atoms with Gasteiger partial charge in [-0.3, -0.25) is 14.2 Å². The van der Waals surface area contributed by atoms with Crippen LogP contribution in [0.25, 0.3) is 15.9 Å². The first kappa shape index (κ1) is 20.5. The molecule has 0 bridgehead atoms. The highest BCUT2D eigenvalue weighted by Gasteiger charge is 2.19. The molecule has 1 N–H and O–H groups in total. The van der Waals surface area contributed by atoms with Crippen LogP contribution < -0.4 is 21.3 Å². The molecule has 2 heterocycles. The van der Waals surface area contributed by atoms with Crippen molar-refractivity contribution in [1.29, 1.82) is 0 Å². The molecule has 0 fully saturated rings. The maximum Gasteiger partial charge on any atom is 0.336 e. The Labute approximate surface area is 180 Å². The molecule has 0 saturated carbocycles. The van der Waals surface area contributed by atoms with Crippen molar-refractivity contribution in [2.45, 2.75) is 13.5 Å². The van der Waals surface area contributed by atoms with Crippen LogP contribution in [-0.2, 0) is 11.3 Å². The minimum Gasteiger partial charge on any atom is -0.494 e. The van der Waals surface area contributed by atoms with Gasteiger partial charge in [0.2, 0.25) is 5.91 Å². The van der Waals surface area contributed by atoms with Crippen molar-refractivity contribution in [3.63, 3.8) is 0 Å². The van der Waals surface area contributed by atoms with Crippen molar-refractivity contribution >= 4 is 33.1 Å². The topological polar surface area (TPSA) is 82.3 Å². The molecule has 0 radical (unpaired) electrons. The molecule has 0 saturated heterocycles. The Balaban J connectivity index is 1.71. The lowest BCUT2D eigenvalue weighted by atomic mass is 10.3. The SMILES string of the molecule is CCOc1ccc(NC(=O)Cn2c(=O)n(-c3ccccc3F)c(=O)c3sccc32)cc1. The van der Waals surface area contributed by atoms with E-state index in [2.05, 4.69) is 5.32 Å². The summed E-state index contributed by atoms with van der Waals surface area (Å²) in [4.78, 5) is 38.6. The van der Waals surface area contributed by atoms with Crippen molar-refractivity contribution in [3.8, 4) is 11.4 Å². The number of aromatic nitrogens is 2. The summed E-state index contributed by atoms with van der Waals surface area (Å²) in [6.45, 7) is 2.07. The van der Waals surface area contributed by atoms with E-state index in [0.717, 1.165) is 15.9 Å². The Morgan fingerprint density at radius 3 is 2.55 bits per heavy atom. The molecule has 0 aliphatic rings. The van der Waals surface area contributed by atoms with Crippen LogP contribution in [0, 0.1) is 5.82 Å². The van der Waals surface area contributed by atoms with E-state index in [1.165, 1.54) is 28.8 Å². The van der Waals surface area contributed by atoms with Crippen molar-refractivity contribution in [1.82, 2.24) is 9.13 Å². The van der Waals surface area contributed by atoms with Crippen LogP contribution in [0.5, 0.6) is 5.75 Å². The van der Waals surface area contributed by atoms with Crippen LogP contribution in [0.3, 0.4) is 0 Å². The summed E-state index contributed by atoms with van der Waals surface area (Å²) in [6, 6.07) is 13.9. The fraction of sp³-hybridized carbons (Fsp3) is 0.136. The number of amides is 1. The minimum atomic E-state index is -0.789. The highest BCUT2D eigenvalue weighted by Crippen LogP contribution is 2.18. The monoisotopic (exact) mass is 439 g/mol. The van der Waals surface area contributed by atoms with E-state index in [0.29, 0.717) is 23.6 Å². The van der Waals surface area contributed by atoms with Crippen LogP contribution in [0.15, 0.2) is 69.6 Å². The zero-order valence-corrected chi connectivity index (χ0v) is 17.3. The number of nitrogens with zero attached hydrogens (tertiary/aromatic N) is 2. The second-order valence-electron chi connectivity index (χ2n) is 6.60. The average molecular weight is 439 g/mol. The maximum atomic E-state index is 14.3. The number of rotatable bonds is 6. The highest BCUT2D eigenvalue weighted by atomic mass is 32.1. The van der Waals surface area contributed by atoms with E-state index in [-0.39, 0.29) is 16.9 Å². The molecular weight excluding hydrogens is 421 g/mol. The molecule has 2 aromatic heterocycles. The number of halogens is 1. The van der Waals surface area contributed by atoms with Crippen LogP contribution in [0.2, 0.25) is 0 Å². The van der Waals surface area contributed by atoms with Gasteiger partial charge in [0.05, 0.1) is 17.8 Å². The number of hydrogen-bond donors (Lipinski definition) is 1.